The van der Waals surface area contributed by atoms with Crippen LogP contribution in [0.2, 0.25) is 0 Å². The van der Waals surface area contributed by atoms with Gasteiger partial charge < -0.3 is 10.1 Å². The van der Waals surface area contributed by atoms with E-state index in [0.29, 0.717) is 17.3 Å². The molecule has 162 valence electrons. The highest BCUT2D eigenvalue weighted by atomic mass is 16.5. The maximum atomic E-state index is 13.0. The number of rotatable bonds is 6. The Labute approximate surface area is 185 Å². The Morgan fingerprint density at radius 3 is 2.75 bits per heavy atom. The zero-order chi connectivity index (χ0) is 22.1. The molecule has 0 bridgehead atoms. The van der Waals surface area contributed by atoms with Crippen molar-refractivity contribution in [3.05, 3.63) is 76.9 Å². The predicted octanol–water partition coefficient (Wildman–Crippen LogP) is 3.39. The highest BCUT2D eigenvalue weighted by Gasteiger charge is 2.27. The van der Waals surface area contributed by atoms with Gasteiger partial charge in [0, 0.05) is 16.8 Å². The first-order chi connectivity index (χ1) is 15.6. The number of ether oxygens (including phenoxy) is 1. The molecule has 2 N–H and O–H groups in total. The first-order valence-corrected chi connectivity index (χ1v) is 10.6. The molecule has 0 unspecified atom stereocenters. The monoisotopic (exact) mass is 428 g/mol. The van der Waals surface area contributed by atoms with E-state index in [0.717, 1.165) is 53.1 Å². The van der Waals surface area contributed by atoms with Gasteiger partial charge in [0.05, 0.1) is 19.3 Å². The Morgan fingerprint density at radius 2 is 1.97 bits per heavy atom. The zero-order valence-corrected chi connectivity index (χ0v) is 18.1. The molecular formula is C24H24N6O2. The second kappa shape index (κ2) is 8.30. The van der Waals surface area contributed by atoms with Gasteiger partial charge in [0.1, 0.15) is 11.6 Å². The van der Waals surface area contributed by atoms with Crippen molar-refractivity contribution in [2.75, 3.05) is 7.11 Å². The first kappa shape index (κ1) is 20.0. The molecule has 1 aliphatic carbocycles. The molecule has 1 amide bonds. The SMILES string of the molecule is COc1ccc(-c2n[nH]c(CNC(=O)c3nn(-c4ccccc4C)c4c3CCC4)n2)cc1. The van der Waals surface area contributed by atoms with Crippen LogP contribution in [0.5, 0.6) is 5.75 Å². The van der Waals surface area contributed by atoms with E-state index in [1.807, 2.05) is 47.1 Å². The Morgan fingerprint density at radius 1 is 1.16 bits per heavy atom. The third-order valence-corrected chi connectivity index (χ3v) is 5.79. The van der Waals surface area contributed by atoms with Crippen molar-refractivity contribution >= 4 is 5.91 Å². The molecule has 8 nitrogen and oxygen atoms in total. The molecule has 2 aromatic carbocycles. The predicted molar refractivity (Wildman–Crippen MR) is 120 cm³/mol. The summed E-state index contributed by atoms with van der Waals surface area (Å²) < 4.78 is 7.11. The summed E-state index contributed by atoms with van der Waals surface area (Å²) in [6.07, 6.45) is 2.83. The number of carbonyl (C=O) groups is 1. The number of benzene rings is 2. The van der Waals surface area contributed by atoms with Crippen LogP contribution < -0.4 is 10.1 Å². The molecule has 32 heavy (non-hydrogen) atoms. The lowest BCUT2D eigenvalue weighted by molar-refractivity contribution is 0.0943. The van der Waals surface area contributed by atoms with Crippen LogP contribution in [0.15, 0.2) is 48.5 Å². The molecule has 0 aliphatic heterocycles. The number of H-pyrrole nitrogens is 1. The quantitative estimate of drug-likeness (QED) is 0.491. The van der Waals surface area contributed by atoms with E-state index in [2.05, 4.69) is 33.5 Å². The lowest BCUT2D eigenvalue weighted by atomic mass is 10.2. The number of nitrogens with zero attached hydrogens (tertiary/aromatic N) is 4. The number of nitrogens with one attached hydrogen (secondary N) is 2. The van der Waals surface area contributed by atoms with Crippen LogP contribution in [-0.4, -0.2) is 38.0 Å². The van der Waals surface area contributed by atoms with Crippen LogP contribution >= 0.6 is 0 Å². The molecule has 2 heterocycles. The van der Waals surface area contributed by atoms with Crippen LogP contribution in [0.4, 0.5) is 0 Å². The molecule has 8 heteroatoms. The van der Waals surface area contributed by atoms with Gasteiger partial charge >= 0.3 is 0 Å². The lowest BCUT2D eigenvalue weighted by Crippen LogP contribution is -2.25. The molecule has 2 aromatic heterocycles. The number of hydrogen-bond donors (Lipinski definition) is 2. The standard InChI is InChI=1S/C24H24N6O2/c1-15-6-3-4-8-19(15)30-20-9-5-7-18(20)22(29-30)24(31)25-14-21-26-23(28-27-21)16-10-12-17(32-2)13-11-16/h3-4,6,8,10-13H,5,7,9,14H2,1-2H3,(H,25,31)(H,26,27,28). The van der Waals surface area contributed by atoms with E-state index in [9.17, 15) is 4.79 Å². The van der Waals surface area contributed by atoms with Crippen molar-refractivity contribution in [1.82, 2.24) is 30.3 Å². The number of aromatic amines is 1. The summed E-state index contributed by atoms with van der Waals surface area (Å²) in [4.78, 5) is 17.5. The fourth-order valence-electron chi connectivity index (χ4n) is 4.11. The summed E-state index contributed by atoms with van der Waals surface area (Å²) in [5, 5.41) is 14.8. The lowest BCUT2D eigenvalue weighted by Gasteiger charge is -2.08. The van der Waals surface area contributed by atoms with Crippen molar-refractivity contribution in [2.24, 2.45) is 0 Å². The van der Waals surface area contributed by atoms with E-state index in [1.54, 1.807) is 7.11 Å². The Hall–Kier alpha value is -3.94. The number of aromatic nitrogens is 5. The normalized spacial score (nSPS) is 12.6. The molecule has 5 rings (SSSR count). The first-order valence-electron chi connectivity index (χ1n) is 10.6. The number of fused-ring (bicyclic) bond motifs is 1. The van der Waals surface area contributed by atoms with Crippen molar-refractivity contribution in [1.29, 1.82) is 0 Å². The average molecular weight is 428 g/mol. The highest BCUT2D eigenvalue weighted by molar-refractivity contribution is 5.94. The summed E-state index contributed by atoms with van der Waals surface area (Å²) in [6.45, 7) is 2.30. The number of amides is 1. The van der Waals surface area contributed by atoms with Crippen molar-refractivity contribution in [2.45, 2.75) is 32.7 Å². The fourth-order valence-corrected chi connectivity index (χ4v) is 4.11. The maximum absolute atomic E-state index is 13.0. The van der Waals surface area contributed by atoms with Crippen LogP contribution in [0, 0.1) is 6.92 Å². The third-order valence-electron chi connectivity index (χ3n) is 5.79. The minimum atomic E-state index is -0.196. The number of methoxy groups -OCH3 is 1. The van der Waals surface area contributed by atoms with Crippen LogP contribution in [0.1, 0.15) is 39.6 Å². The zero-order valence-electron chi connectivity index (χ0n) is 18.1. The number of hydrogen-bond acceptors (Lipinski definition) is 5. The molecule has 4 aromatic rings. The van der Waals surface area contributed by atoms with Gasteiger partial charge in [-0.3, -0.25) is 9.89 Å². The van der Waals surface area contributed by atoms with E-state index in [-0.39, 0.29) is 12.5 Å². The van der Waals surface area contributed by atoms with Gasteiger partial charge in [-0.1, -0.05) is 18.2 Å². The number of aryl methyl sites for hydroxylation is 1. The minimum Gasteiger partial charge on any atom is -0.497 e. The maximum Gasteiger partial charge on any atom is 0.272 e. The minimum absolute atomic E-state index is 0.196. The highest BCUT2D eigenvalue weighted by Crippen LogP contribution is 2.29. The molecular weight excluding hydrogens is 404 g/mol. The van der Waals surface area contributed by atoms with Crippen molar-refractivity contribution in [3.63, 3.8) is 0 Å². The third kappa shape index (κ3) is 3.64. The van der Waals surface area contributed by atoms with Gasteiger partial charge in [-0.15, -0.1) is 0 Å². The van der Waals surface area contributed by atoms with Gasteiger partial charge in [-0.2, -0.15) is 10.2 Å². The molecule has 0 spiro atoms. The molecule has 0 radical (unpaired) electrons. The van der Waals surface area contributed by atoms with Gasteiger partial charge in [-0.05, 0) is 62.1 Å². The van der Waals surface area contributed by atoms with Crippen molar-refractivity contribution in [3.8, 4) is 22.8 Å². The van der Waals surface area contributed by atoms with Gasteiger partial charge in [0.15, 0.2) is 11.5 Å². The molecule has 0 saturated carbocycles. The second-order valence-corrected chi connectivity index (χ2v) is 7.84. The van der Waals surface area contributed by atoms with E-state index in [1.165, 1.54) is 0 Å². The van der Waals surface area contributed by atoms with Crippen molar-refractivity contribution < 1.29 is 9.53 Å². The van der Waals surface area contributed by atoms with Gasteiger partial charge in [0.2, 0.25) is 0 Å². The molecule has 0 atom stereocenters. The summed E-state index contributed by atoms with van der Waals surface area (Å²) in [5.41, 5.74) is 5.69. The second-order valence-electron chi connectivity index (χ2n) is 7.84. The smallest absolute Gasteiger partial charge is 0.272 e. The van der Waals surface area contributed by atoms with Gasteiger partial charge in [-0.25, -0.2) is 9.67 Å². The van der Waals surface area contributed by atoms with Crippen LogP contribution in [-0.2, 0) is 19.4 Å². The number of para-hydroxylation sites is 1. The topological polar surface area (TPSA) is 97.7 Å². The fraction of sp³-hybridized carbons (Fsp3) is 0.250. The van der Waals surface area contributed by atoms with Crippen LogP contribution in [0.25, 0.3) is 17.1 Å². The summed E-state index contributed by atoms with van der Waals surface area (Å²) in [6, 6.07) is 15.6. The van der Waals surface area contributed by atoms with E-state index in [4.69, 9.17) is 9.84 Å². The van der Waals surface area contributed by atoms with Crippen LogP contribution in [0.3, 0.4) is 0 Å². The molecule has 0 saturated heterocycles. The largest absolute Gasteiger partial charge is 0.497 e. The Kier molecular flexibility index (Phi) is 5.18. The Balaban J connectivity index is 1.33. The van der Waals surface area contributed by atoms with Gasteiger partial charge in [0.25, 0.3) is 5.91 Å². The summed E-state index contributed by atoms with van der Waals surface area (Å²) >= 11 is 0. The summed E-state index contributed by atoms with van der Waals surface area (Å²) in [5.74, 6) is 1.73. The summed E-state index contributed by atoms with van der Waals surface area (Å²) in [7, 11) is 1.63. The average Bonchev–Trinajstić information content (AvgIpc) is 3.55. The Bertz CT molecular complexity index is 1270. The van der Waals surface area contributed by atoms with E-state index < -0.39 is 0 Å². The van der Waals surface area contributed by atoms with E-state index >= 15 is 0 Å². The molecule has 0 fully saturated rings. The molecule has 1 aliphatic rings. The number of carbonyl (C=O) groups excluding carboxylic acids is 1.